The zero-order chi connectivity index (χ0) is 15.2. The van der Waals surface area contributed by atoms with E-state index in [1.165, 1.54) is 18.2 Å². The molecule has 2 aromatic rings. The summed E-state index contributed by atoms with van der Waals surface area (Å²) < 4.78 is 26.9. The van der Waals surface area contributed by atoms with Gasteiger partial charge >= 0.3 is 0 Å². The summed E-state index contributed by atoms with van der Waals surface area (Å²) in [6, 6.07) is 11.3. The molecule has 0 aliphatic rings. The van der Waals surface area contributed by atoms with Crippen LogP contribution in [0.4, 0.5) is 8.78 Å². The lowest BCUT2D eigenvalue weighted by Gasteiger charge is -2.16. The third-order valence-corrected chi connectivity index (χ3v) is 4.53. The second-order valence-corrected chi connectivity index (χ2v) is 6.22. The number of nitrogens with one attached hydrogen (secondary N) is 1. The minimum atomic E-state index is -0.293. The number of thioether (sulfide) groups is 1. The number of halogens is 3. The van der Waals surface area contributed by atoms with E-state index in [0.29, 0.717) is 17.0 Å². The molecular formula is C16H16ClF2NS. The quantitative estimate of drug-likeness (QED) is 0.782. The molecule has 2 aromatic carbocycles. The smallest absolute Gasteiger partial charge is 0.127 e. The van der Waals surface area contributed by atoms with Crippen LogP contribution in [0.15, 0.2) is 47.4 Å². The van der Waals surface area contributed by atoms with Crippen LogP contribution in [-0.4, -0.2) is 18.8 Å². The van der Waals surface area contributed by atoms with Gasteiger partial charge in [-0.25, -0.2) is 8.78 Å². The lowest BCUT2D eigenvalue weighted by molar-refractivity contribution is 0.568. The van der Waals surface area contributed by atoms with Crippen LogP contribution < -0.4 is 5.32 Å². The Morgan fingerprint density at radius 2 is 2.00 bits per heavy atom. The largest absolute Gasteiger partial charge is 0.316 e. The number of hydrogen-bond donors (Lipinski definition) is 1. The molecule has 1 unspecified atom stereocenters. The Bertz CT molecular complexity index is 607. The molecule has 2 rings (SSSR count). The summed E-state index contributed by atoms with van der Waals surface area (Å²) in [7, 11) is 1.84. The highest BCUT2D eigenvalue weighted by Gasteiger charge is 2.12. The molecule has 0 bridgehead atoms. The van der Waals surface area contributed by atoms with Crippen molar-refractivity contribution in [2.45, 2.75) is 17.4 Å². The van der Waals surface area contributed by atoms with Crippen LogP contribution in [-0.2, 0) is 6.42 Å². The first-order chi connectivity index (χ1) is 10.1. The summed E-state index contributed by atoms with van der Waals surface area (Å²) in [6.45, 7) is 0. The minimum Gasteiger partial charge on any atom is -0.316 e. The van der Waals surface area contributed by atoms with Crippen molar-refractivity contribution in [3.8, 4) is 0 Å². The summed E-state index contributed by atoms with van der Waals surface area (Å²) in [5.41, 5.74) is 0.624. The summed E-state index contributed by atoms with van der Waals surface area (Å²) in [6.07, 6.45) is 0.557. The van der Waals surface area contributed by atoms with Crippen molar-refractivity contribution in [3.63, 3.8) is 0 Å². The predicted molar refractivity (Wildman–Crippen MR) is 85.1 cm³/mol. The summed E-state index contributed by atoms with van der Waals surface area (Å²) >= 11 is 7.29. The van der Waals surface area contributed by atoms with Crippen molar-refractivity contribution < 1.29 is 8.78 Å². The fraction of sp³-hybridized carbons (Fsp3) is 0.250. The van der Waals surface area contributed by atoms with E-state index in [4.69, 9.17) is 11.6 Å². The van der Waals surface area contributed by atoms with Gasteiger partial charge < -0.3 is 5.32 Å². The van der Waals surface area contributed by atoms with Gasteiger partial charge in [-0.1, -0.05) is 23.7 Å². The van der Waals surface area contributed by atoms with Gasteiger partial charge in [0.05, 0.1) is 0 Å². The maximum Gasteiger partial charge on any atom is 0.127 e. The lowest BCUT2D eigenvalue weighted by atomic mass is 10.1. The molecule has 0 fully saturated rings. The molecular weight excluding hydrogens is 312 g/mol. The molecule has 0 heterocycles. The molecule has 0 saturated heterocycles. The van der Waals surface area contributed by atoms with Gasteiger partial charge in [0.25, 0.3) is 0 Å². The Hall–Kier alpha value is -1.10. The second kappa shape index (κ2) is 7.78. The zero-order valence-corrected chi connectivity index (χ0v) is 13.1. The predicted octanol–water partition coefficient (Wildman–Crippen LogP) is 4.54. The van der Waals surface area contributed by atoms with Crippen LogP contribution in [0.5, 0.6) is 0 Å². The van der Waals surface area contributed by atoms with E-state index in [1.54, 1.807) is 30.0 Å². The highest BCUT2D eigenvalue weighted by Crippen LogP contribution is 2.22. The minimum absolute atomic E-state index is 0.0916. The van der Waals surface area contributed by atoms with Gasteiger partial charge in [-0.05, 0) is 49.4 Å². The summed E-state index contributed by atoms with van der Waals surface area (Å²) in [5.74, 6) is 0.186. The van der Waals surface area contributed by atoms with Crippen molar-refractivity contribution in [3.05, 3.63) is 64.7 Å². The molecule has 112 valence electrons. The molecule has 1 N–H and O–H groups in total. The first-order valence-corrected chi connectivity index (χ1v) is 7.94. The number of benzene rings is 2. The lowest BCUT2D eigenvalue weighted by Crippen LogP contribution is -2.30. The highest BCUT2D eigenvalue weighted by atomic mass is 35.5. The molecule has 1 atom stereocenters. The molecule has 0 spiro atoms. The first-order valence-electron chi connectivity index (χ1n) is 6.58. The SMILES string of the molecule is CNC(CSc1cccc(F)c1)Cc1ccc(Cl)cc1F. The van der Waals surface area contributed by atoms with Crippen LogP contribution in [0.25, 0.3) is 0 Å². The maximum atomic E-state index is 13.8. The summed E-state index contributed by atoms with van der Waals surface area (Å²) in [4.78, 5) is 0.867. The van der Waals surface area contributed by atoms with E-state index in [-0.39, 0.29) is 17.7 Å². The first kappa shape index (κ1) is 16.3. The van der Waals surface area contributed by atoms with Gasteiger partial charge in [0, 0.05) is 21.7 Å². The molecule has 5 heteroatoms. The standard InChI is InChI=1S/C16H16ClF2NS/c1-20-14(7-11-5-6-12(17)8-16(11)19)10-21-15-4-2-3-13(18)9-15/h2-6,8-9,14,20H,7,10H2,1H3. The third-order valence-electron chi connectivity index (χ3n) is 3.14. The van der Waals surface area contributed by atoms with Crippen molar-refractivity contribution in [2.24, 2.45) is 0 Å². The molecule has 0 aromatic heterocycles. The molecule has 0 saturated carbocycles. The van der Waals surface area contributed by atoms with Crippen LogP contribution >= 0.6 is 23.4 Å². The van der Waals surface area contributed by atoms with Gasteiger partial charge in [0.1, 0.15) is 11.6 Å². The number of likely N-dealkylation sites (N-methyl/N-ethyl adjacent to an activating group) is 1. The van der Waals surface area contributed by atoms with E-state index in [2.05, 4.69) is 5.32 Å². The fourth-order valence-corrected chi connectivity index (χ4v) is 3.16. The van der Waals surface area contributed by atoms with Gasteiger partial charge in [-0.2, -0.15) is 0 Å². The Balaban J connectivity index is 1.97. The van der Waals surface area contributed by atoms with Crippen LogP contribution in [0.3, 0.4) is 0 Å². The molecule has 21 heavy (non-hydrogen) atoms. The Labute approximate surface area is 132 Å². The van der Waals surface area contributed by atoms with Crippen molar-refractivity contribution in [1.29, 1.82) is 0 Å². The second-order valence-electron chi connectivity index (χ2n) is 4.69. The van der Waals surface area contributed by atoms with E-state index in [1.807, 2.05) is 13.1 Å². The van der Waals surface area contributed by atoms with Gasteiger partial charge in [-0.15, -0.1) is 11.8 Å². The van der Waals surface area contributed by atoms with E-state index in [9.17, 15) is 8.78 Å². The maximum absolute atomic E-state index is 13.8. The Morgan fingerprint density at radius 1 is 1.19 bits per heavy atom. The molecule has 0 radical (unpaired) electrons. The monoisotopic (exact) mass is 327 g/mol. The number of hydrogen-bond acceptors (Lipinski definition) is 2. The molecule has 0 aliphatic heterocycles. The van der Waals surface area contributed by atoms with Crippen LogP contribution in [0.1, 0.15) is 5.56 Å². The van der Waals surface area contributed by atoms with Crippen LogP contribution in [0, 0.1) is 11.6 Å². The van der Waals surface area contributed by atoms with Crippen LogP contribution in [0.2, 0.25) is 5.02 Å². The number of rotatable bonds is 6. The molecule has 1 nitrogen and oxygen atoms in total. The highest BCUT2D eigenvalue weighted by molar-refractivity contribution is 7.99. The van der Waals surface area contributed by atoms with E-state index < -0.39 is 0 Å². The zero-order valence-electron chi connectivity index (χ0n) is 11.6. The van der Waals surface area contributed by atoms with E-state index in [0.717, 1.165) is 10.6 Å². The normalized spacial score (nSPS) is 12.4. The van der Waals surface area contributed by atoms with Gasteiger partial charge in [0.15, 0.2) is 0 Å². The van der Waals surface area contributed by atoms with Gasteiger partial charge in [-0.3, -0.25) is 0 Å². The van der Waals surface area contributed by atoms with Gasteiger partial charge in [0.2, 0.25) is 0 Å². The van der Waals surface area contributed by atoms with E-state index >= 15 is 0 Å². The summed E-state index contributed by atoms with van der Waals surface area (Å²) in [5, 5.41) is 3.56. The molecule has 0 amide bonds. The topological polar surface area (TPSA) is 12.0 Å². The van der Waals surface area contributed by atoms with Crippen molar-refractivity contribution >= 4 is 23.4 Å². The Kier molecular flexibility index (Phi) is 6.03. The van der Waals surface area contributed by atoms with Crippen molar-refractivity contribution in [1.82, 2.24) is 5.32 Å². The fourth-order valence-electron chi connectivity index (χ4n) is 1.95. The average Bonchev–Trinajstić information content (AvgIpc) is 2.45. The molecule has 0 aliphatic carbocycles. The third kappa shape index (κ3) is 4.99. The van der Waals surface area contributed by atoms with Crippen molar-refractivity contribution in [2.75, 3.05) is 12.8 Å². The average molecular weight is 328 g/mol. The Morgan fingerprint density at radius 3 is 2.67 bits per heavy atom.